The number of nitrogens with one attached hydrogen (secondary N) is 1. The van der Waals surface area contributed by atoms with E-state index in [2.05, 4.69) is 9.82 Å². The van der Waals surface area contributed by atoms with E-state index in [4.69, 9.17) is 4.74 Å². The minimum absolute atomic E-state index is 0.152. The zero-order chi connectivity index (χ0) is 16.3. The van der Waals surface area contributed by atoms with Crippen LogP contribution in [0.5, 0.6) is 11.5 Å². The average molecular weight is 329 g/mol. The van der Waals surface area contributed by atoms with Gasteiger partial charge >= 0.3 is 0 Å². The number of benzene rings is 2. The maximum Gasteiger partial charge on any atom is 0.263 e. The topological polar surface area (TPSA) is 73.2 Å². The van der Waals surface area contributed by atoms with Crippen LogP contribution in [0.3, 0.4) is 0 Å². The normalized spacial score (nSPS) is 11.2. The van der Waals surface area contributed by atoms with Crippen LogP contribution in [-0.2, 0) is 17.1 Å². The van der Waals surface area contributed by atoms with E-state index in [-0.39, 0.29) is 4.90 Å². The fourth-order valence-corrected chi connectivity index (χ4v) is 3.07. The van der Waals surface area contributed by atoms with Crippen molar-refractivity contribution in [2.45, 2.75) is 4.90 Å². The van der Waals surface area contributed by atoms with Gasteiger partial charge in [-0.15, -0.1) is 0 Å². The van der Waals surface area contributed by atoms with Gasteiger partial charge in [0.2, 0.25) is 0 Å². The number of hydrogen-bond acceptors (Lipinski definition) is 4. The summed E-state index contributed by atoms with van der Waals surface area (Å²) in [5.41, 5.74) is 0. The molecule has 1 aromatic heterocycles. The first-order chi connectivity index (χ1) is 11.0. The van der Waals surface area contributed by atoms with E-state index >= 15 is 0 Å². The van der Waals surface area contributed by atoms with E-state index < -0.39 is 10.0 Å². The Kier molecular flexibility index (Phi) is 4.03. The monoisotopic (exact) mass is 329 g/mol. The van der Waals surface area contributed by atoms with Crippen LogP contribution in [-0.4, -0.2) is 18.2 Å². The fourth-order valence-electron chi connectivity index (χ4n) is 1.98. The highest BCUT2D eigenvalue weighted by Crippen LogP contribution is 2.23. The molecule has 3 rings (SSSR count). The van der Waals surface area contributed by atoms with Crippen molar-refractivity contribution in [3.8, 4) is 11.5 Å². The second kappa shape index (κ2) is 6.13. The van der Waals surface area contributed by atoms with Crippen LogP contribution < -0.4 is 9.46 Å². The highest BCUT2D eigenvalue weighted by molar-refractivity contribution is 7.92. The van der Waals surface area contributed by atoms with E-state index in [1.165, 1.54) is 23.0 Å². The smallest absolute Gasteiger partial charge is 0.263 e. The second-order valence-corrected chi connectivity index (χ2v) is 6.51. The van der Waals surface area contributed by atoms with Gasteiger partial charge in [0.15, 0.2) is 0 Å². The van der Waals surface area contributed by atoms with E-state index in [0.29, 0.717) is 17.3 Å². The molecule has 23 heavy (non-hydrogen) atoms. The fraction of sp³-hybridized carbons (Fsp3) is 0.0625. The maximum absolute atomic E-state index is 12.3. The third-order valence-corrected chi connectivity index (χ3v) is 4.54. The lowest BCUT2D eigenvalue weighted by Gasteiger charge is -2.09. The van der Waals surface area contributed by atoms with Crippen LogP contribution in [0.4, 0.5) is 5.82 Å². The number of aromatic nitrogens is 2. The number of nitrogens with zero attached hydrogens (tertiary/aromatic N) is 2. The van der Waals surface area contributed by atoms with E-state index in [1.54, 1.807) is 25.2 Å². The molecule has 0 radical (unpaired) electrons. The molecule has 2 aromatic carbocycles. The maximum atomic E-state index is 12.3. The molecular formula is C16H15N3O3S. The Morgan fingerprint density at radius 3 is 2.22 bits per heavy atom. The summed E-state index contributed by atoms with van der Waals surface area (Å²) >= 11 is 0. The molecule has 0 saturated heterocycles. The number of rotatable bonds is 5. The van der Waals surface area contributed by atoms with Gasteiger partial charge < -0.3 is 4.74 Å². The lowest BCUT2D eigenvalue weighted by Crippen LogP contribution is -2.15. The molecule has 118 valence electrons. The Labute approximate surface area is 134 Å². The van der Waals surface area contributed by atoms with E-state index in [9.17, 15) is 8.42 Å². The van der Waals surface area contributed by atoms with Crippen molar-refractivity contribution in [2.75, 3.05) is 4.72 Å². The summed E-state index contributed by atoms with van der Waals surface area (Å²) in [6.07, 6.45) is 1.52. The molecular weight excluding hydrogens is 314 g/mol. The number of sulfonamides is 1. The standard InChI is InChI=1S/C16H15N3O3S/c1-19-16(11-12-17-19)18-23(20,21)15-9-7-14(8-10-15)22-13-5-3-2-4-6-13/h2-12,18H,1H3. The molecule has 1 heterocycles. The number of hydrogen-bond donors (Lipinski definition) is 1. The van der Waals surface area contributed by atoms with Crippen LogP contribution in [0.2, 0.25) is 0 Å². The van der Waals surface area contributed by atoms with Crippen molar-refractivity contribution < 1.29 is 13.2 Å². The van der Waals surface area contributed by atoms with Crippen molar-refractivity contribution in [3.05, 3.63) is 66.9 Å². The minimum Gasteiger partial charge on any atom is -0.457 e. The number of aryl methyl sites for hydroxylation is 1. The van der Waals surface area contributed by atoms with Gasteiger partial charge in [-0.1, -0.05) is 18.2 Å². The van der Waals surface area contributed by atoms with Gasteiger partial charge in [-0.3, -0.25) is 9.40 Å². The van der Waals surface area contributed by atoms with E-state index in [1.807, 2.05) is 30.3 Å². The predicted octanol–water partition coefficient (Wildman–Crippen LogP) is 3.01. The summed E-state index contributed by atoms with van der Waals surface area (Å²) in [6, 6.07) is 17.1. The highest BCUT2D eigenvalue weighted by atomic mass is 32.2. The van der Waals surface area contributed by atoms with Gasteiger partial charge in [-0.05, 0) is 36.4 Å². The van der Waals surface area contributed by atoms with Crippen LogP contribution in [0.15, 0.2) is 71.8 Å². The van der Waals surface area contributed by atoms with Crippen molar-refractivity contribution in [1.29, 1.82) is 0 Å². The van der Waals surface area contributed by atoms with Gasteiger partial charge in [0.25, 0.3) is 10.0 Å². The van der Waals surface area contributed by atoms with Gasteiger partial charge in [0, 0.05) is 13.1 Å². The van der Waals surface area contributed by atoms with Crippen LogP contribution in [0.1, 0.15) is 0 Å². The summed E-state index contributed by atoms with van der Waals surface area (Å²) in [4.78, 5) is 0.152. The first-order valence-electron chi connectivity index (χ1n) is 6.88. The second-order valence-electron chi connectivity index (χ2n) is 4.83. The molecule has 0 saturated carbocycles. The van der Waals surface area contributed by atoms with Crippen LogP contribution in [0.25, 0.3) is 0 Å². The summed E-state index contributed by atoms with van der Waals surface area (Å²) in [7, 11) is -2.00. The predicted molar refractivity (Wildman–Crippen MR) is 87.0 cm³/mol. The lowest BCUT2D eigenvalue weighted by atomic mass is 10.3. The van der Waals surface area contributed by atoms with Crippen LogP contribution >= 0.6 is 0 Å². The average Bonchev–Trinajstić information content (AvgIpc) is 2.93. The largest absolute Gasteiger partial charge is 0.457 e. The number of anilines is 1. The zero-order valence-electron chi connectivity index (χ0n) is 12.4. The molecule has 7 heteroatoms. The molecule has 0 aliphatic carbocycles. The van der Waals surface area contributed by atoms with Crippen LogP contribution in [0, 0.1) is 0 Å². The quantitative estimate of drug-likeness (QED) is 0.781. The third kappa shape index (κ3) is 3.51. The molecule has 0 aliphatic heterocycles. The van der Waals surface area contributed by atoms with E-state index in [0.717, 1.165) is 0 Å². The molecule has 0 amide bonds. The van der Waals surface area contributed by atoms with Crippen molar-refractivity contribution in [3.63, 3.8) is 0 Å². The molecule has 0 bridgehead atoms. The molecule has 1 N–H and O–H groups in total. The summed E-state index contributed by atoms with van der Waals surface area (Å²) in [5.74, 6) is 1.65. The molecule has 3 aromatic rings. The first kappa shape index (κ1) is 15.1. The molecule has 0 spiro atoms. The zero-order valence-corrected chi connectivity index (χ0v) is 13.2. The number of para-hydroxylation sites is 1. The van der Waals surface area contributed by atoms with Gasteiger partial charge in [-0.2, -0.15) is 5.10 Å². The van der Waals surface area contributed by atoms with Gasteiger partial charge in [-0.25, -0.2) is 8.42 Å². The lowest BCUT2D eigenvalue weighted by molar-refractivity contribution is 0.482. The third-order valence-electron chi connectivity index (χ3n) is 3.17. The SMILES string of the molecule is Cn1nccc1NS(=O)(=O)c1ccc(Oc2ccccc2)cc1. The summed E-state index contributed by atoms with van der Waals surface area (Å²) in [6.45, 7) is 0. The highest BCUT2D eigenvalue weighted by Gasteiger charge is 2.15. The summed E-state index contributed by atoms with van der Waals surface area (Å²) in [5, 5.41) is 3.93. The molecule has 0 unspecified atom stereocenters. The molecule has 0 fully saturated rings. The molecule has 0 aliphatic rings. The Bertz CT molecular complexity index is 888. The van der Waals surface area contributed by atoms with Crippen molar-refractivity contribution in [2.24, 2.45) is 7.05 Å². The minimum atomic E-state index is -3.66. The Morgan fingerprint density at radius 1 is 0.957 bits per heavy atom. The van der Waals surface area contributed by atoms with Gasteiger partial charge in [0.1, 0.15) is 17.3 Å². The van der Waals surface area contributed by atoms with Crippen molar-refractivity contribution in [1.82, 2.24) is 9.78 Å². The van der Waals surface area contributed by atoms with Crippen molar-refractivity contribution >= 4 is 15.8 Å². The first-order valence-corrected chi connectivity index (χ1v) is 8.37. The molecule has 6 nitrogen and oxygen atoms in total. The Hall–Kier alpha value is -2.80. The van der Waals surface area contributed by atoms with Gasteiger partial charge in [0.05, 0.1) is 11.1 Å². The number of ether oxygens (including phenoxy) is 1. The summed E-state index contributed by atoms with van der Waals surface area (Å²) < 4.78 is 34.2. The molecule has 0 atom stereocenters. The Morgan fingerprint density at radius 2 is 1.61 bits per heavy atom. The Balaban J connectivity index is 1.77.